The van der Waals surface area contributed by atoms with Crippen LogP contribution in [0, 0.1) is 0 Å². The standard InChI is InChI=1S/C7H6Br2NOS.BrH/c8-4-3-5(9)10-1-2-12-7(10)6(4)11;/h1-2,4,7H,3H2;1H/q+1;. The van der Waals surface area contributed by atoms with Crippen molar-refractivity contribution in [3.05, 3.63) is 11.6 Å². The quantitative estimate of drug-likeness (QED) is 0.466. The second-order valence-electron chi connectivity index (χ2n) is 2.63. The Bertz CT molecular complexity index is 302. The molecule has 0 fully saturated rings. The highest BCUT2D eigenvalue weighted by Crippen LogP contribution is 2.31. The molecule has 2 heterocycles. The summed E-state index contributed by atoms with van der Waals surface area (Å²) in [4.78, 5) is 11.5. The number of thioether (sulfide) groups is 1. The number of rotatable bonds is 0. The van der Waals surface area contributed by atoms with Crippen LogP contribution < -0.4 is 0 Å². The van der Waals surface area contributed by atoms with E-state index in [2.05, 4.69) is 31.9 Å². The third kappa shape index (κ3) is 2.11. The van der Waals surface area contributed by atoms with E-state index in [0.717, 1.165) is 11.0 Å². The van der Waals surface area contributed by atoms with Crippen molar-refractivity contribution in [2.24, 2.45) is 0 Å². The van der Waals surface area contributed by atoms with Crippen LogP contribution in [0.25, 0.3) is 0 Å². The number of halogens is 3. The molecule has 72 valence electrons. The van der Waals surface area contributed by atoms with Crippen LogP contribution in [-0.4, -0.2) is 25.2 Å². The Balaban J connectivity index is 0.000000845. The summed E-state index contributed by atoms with van der Waals surface area (Å²) in [7, 11) is 0. The largest absolute Gasteiger partial charge is 0.290 e. The molecule has 2 aliphatic heterocycles. The first-order valence-corrected chi connectivity index (χ1v) is 6.15. The molecule has 2 nitrogen and oxygen atoms in total. The van der Waals surface area contributed by atoms with Crippen LogP contribution in [-0.2, 0) is 4.79 Å². The number of carbonyl (C=O) groups excluding carboxylic acids is 1. The Morgan fingerprint density at radius 2 is 2.31 bits per heavy atom. The van der Waals surface area contributed by atoms with Crippen molar-refractivity contribution in [2.45, 2.75) is 16.6 Å². The maximum absolute atomic E-state index is 11.6. The predicted molar refractivity (Wildman–Crippen MR) is 67.4 cm³/mol. The van der Waals surface area contributed by atoms with Crippen molar-refractivity contribution in [3.63, 3.8) is 0 Å². The highest BCUT2D eigenvalue weighted by molar-refractivity contribution is 9.18. The highest BCUT2D eigenvalue weighted by atomic mass is 79.9. The van der Waals surface area contributed by atoms with Crippen molar-refractivity contribution >= 4 is 71.0 Å². The van der Waals surface area contributed by atoms with Crippen LogP contribution in [0.4, 0.5) is 0 Å². The highest BCUT2D eigenvalue weighted by Gasteiger charge is 2.42. The maximum atomic E-state index is 11.6. The van der Waals surface area contributed by atoms with Gasteiger partial charge in [0.05, 0.1) is 11.2 Å². The zero-order chi connectivity index (χ0) is 8.72. The van der Waals surface area contributed by atoms with Gasteiger partial charge in [0.2, 0.25) is 10.4 Å². The fraction of sp³-hybridized carbons (Fsp3) is 0.429. The Labute approximate surface area is 108 Å². The van der Waals surface area contributed by atoms with Crippen LogP contribution in [0.1, 0.15) is 6.42 Å². The van der Waals surface area contributed by atoms with Crippen LogP contribution in [0.3, 0.4) is 0 Å². The number of Topliss-reactive ketones (excluding diaryl/α,β-unsaturated/α-hetero) is 1. The van der Waals surface area contributed by atoms with Gasteiger partial charge in [0.15, 0.2) is 6.20 Å². The first-order valence-electron chi connectivity index (χ1n) is 3.50. The Kier molecular flexibility index (Phi) is 4.22. The summed E-state index contributed by atoms with van der Waals surface area (Å²) in [6.07, 6.45) is 2.69. The second-order valence-corrected chi connectivity index (χ2v) is 5.64. The van der Waals surface area contributed by atoms with Crippen molar-refractivity contribution in [2.75, 3.05) is 0 Å². The van der Waals surface area contributed by atoms with E-state index in [1.54, 1.807) is 11.8 Å². The molecule has 0 spiro atoms. The van der Waals surface area contributed by atoms with Gasteiger partial charge in [-0.2, -0.15) is 4.58 Å². The normalized spacial score (nSPS) is 31.7. The summed E-state index contributed by atoms with van der Waals surface area (Å²) in [6.45, 7) is 0. The van der Waals surface area contributed by atoms with E-state index in [1.165, 1.54) is 0 Å². The molecular formula is C7H7Br3NOS+. The van der Waals surface area contributed by atoms with E-state index in [9.17, 15) is 4.79 Å². The van der Waals surface area contributed by atoms with Crippen molar-refractivity contribution in [3.8, 4) is 0 Å². The Morgan fingerprint density at radius 3 is 3.00 bits per heavy atom. The van der Waals surface area contributed by atoms with Gasteiger partial charge < -0.3 is 0 Å². The van der Waals surface area contributed by atoms with Gasteiger partial charge in [-0.3, -0.25) is 4.79 Å². The molecule has 13 heavy (non-hydrogen) atoms. The van der Waals surface area contributed by atoms with Gasteiger partial charge in [-0.25, -0.2) is 0 Å². The molecule has 0 aliphatic carbocycles. The minimum absolute atomic E-state index is 0. The number of hydrogen-bond acceptors (Lipinski definition) is 2. The lowest BCUT2D eigenvalue weighted by Gasteiger charge is -2.16. The second kappa shape index (κ2) is 4.59. The van der Waals surface area contributed by atoms with Gasteiger partial charge in [-0.15, -0.1) is 17.0 Å². The lowest BCUT2D eigenvalue weighted by molar-refractivity contribution is -0.455. The van der Waals surface area contributed by atoms with E-state index in [4.69, 9.17) is 0 Å². The lowest BCUT2D eigenvalue weighted by Crippen LogP contribution is -2.39. The molecule has 0 aromatic carbocycles. The van der Waals surface area contributed by atoms with Gasteiger partial charge in [0, 0.05) is 21.3 Å². The lowest BCUT2D eigenvalue weighted by atomic mass is 10.2. The third-order valence-electron chi connectivity index (χ3n) is 1.86. The molecule has 0 bridgehead atoms. The van der Waals surface area contributed by atoms with E-state index in [0.29, 0.717) is 0 Å². The van der Waals surface area contributed by atoms with Gasteiger partial charge in [-0.1, -0.05) is 15.9 Å². The fourth-order valence-electron chi connectivity index (χ4n) is 1.24. The molecule has 0 saturated heterocycles. The molecule has 2 unspecified atom stereocenters. The Hall–Kier alpha value is 0.870. The molecule has 0 amide bonds. The predicted octanol–water partition coefficient (Wildman–Crippen LogP) is 2.65. The van der Waals surface area contributed by atoms with Gasteiger partial charge >= 0.3 is 0 Å². The molecule has 2 rings (SSSR count). The topological polar surface area (TPSA) is 20.1 Å². The first kappa shape index (κ1) is 11.9. The average Bonchev–Trinajstić information content (AvgIpc) is 2.48. The average molecular weight is 393 g/mol. The number of hydrogen-bond donors (Lipinski definition) is 0. The van der Waals surface area contributed by atoms with E-state index in [1.807, 2.05) is 16.2 Å². The van der Waals surface area contributed by atoms with Crippen molar-refractivity contribution in [1.29, 1.82) is 0 Å². The summed E-state index contributed by atoms with van der Waals surface area (Å²) < 4.78 is 3.06. The van der Waals surface area contributed by atoms with Crippen LogP contribution in [0.5, 0.6) is 0 Å². The molecule has 2 aliphatic rings. The minimum atomic E-state index is -0.0440. The summed E-state index contributed by atoms with van der Waals surface area (Å²) in [5.41, 5.74) is 0. The summed E-state index contributed by atoms with van der Waals surface area (Å²) in [5.74, 6) is 0.258. The number of fused-ring (bicyclic) bond motifs is 1. The summed E-state index contributed by atoms with van der Waals surface area (Å²) in [5, 5.41) is 1.91. The van der Waals surface area contributed by atoms with Crippen LogP contribution in [0.2, 0.25) is 0 Å². The molecule has 0 aromatic rings. The summed E-state index contributed by atoms with van der Waals surface area (Å²) >= 11 is 8.38. The fourth-order valence-corrected chi connectivity index (χ4v) is 4.17. The number of nitrogens with zero attached hydrogens (tertiary/aromatic N) is 1. The van der Waals surface area contributed by atoms with Crippen molar-refractivity contribution in [1.82, 2.24) is 0 Å². The smallest absolute Gasteiger partial charge is 0.268 e. The molecule has 0 N–H and O–H groups in total. The molecule has 0 aromatic heterocycles. The minimum Gasteiger partial charge on any atom is -0.290 e. The maximum Gasteiger partial charge on any atom is 0.268 e. The van der Waals surface area contributed by atoms with Gasteiger partial charge in [0.1, 0.15) is 0 Å². The van der Waals surface area contributed by atoms with E-state index < -0.39 is 0 Å². The summed E-state index contributed by atoms with van der Waals surface area (Å²) in [6, 6.07) is 0. The first-order chi connectivity index (χ1) is 5.70. The molecule has 0 radical (unpaired) electrons. The number of alkyl halides is 1. The molecule has 6 heteroatoms. The van der Waals surface area contributed by atoms with Crippen LogP contribution >= 0.6 is 60.6 Å². The van der Waals surface area contributed by atoms with E-state index in [-0.39, 0.29) is 33.0 Å². The van der Waals surface area contributed by atoms with E-state index >= 15 is 0 Å². The molecular weight excluding hydrogens is 386 g/mol. The SMILES string of the molecule is Br.O=C1C(Br)CC(Br)=[N+]2C=CSC12. The molecule has 0 saturated carbocycles. The number of ketones is 1. The van der Waals surface area contributed by atoms with Crippen molar-refractivity contribution < 1.29 is 9.37 Å². The van der Waals surface area contributed by atoms with Crippen LogP contribution in [0.15, 0.2) is 11.6 Å². The third-order valence-corrected chi connectivity index (χ3v) is 4.37. The van der Waals surface area contributed by atoms with Gasteiger partial charge in [0.25, 0.3) is 5.37 Å². The number of carbonyl (C=O) groups is 1. The zero-order valence-corrected chi connectivity index (χ0v) is 12.1. The zero-order valence-electron chi connectivity index (χ0n) is 6.44. The Morgan fingerprint density at radius 1 is 1.62 bits per heavy atom. The van der Waals surface area contributed by atoms with Gasteiger partial charge in [-0.05, 0) is 11.8 Å². The monoisotopic (exact) mass is 390 g/mol. The molecule has 2 atom stereocenters.